The van der Waals surface area contributed by atoms with Crippen molar-refractivity contribution in [3.8, 4) is 5.75 Å². The molecule has 0 saturated carbocycles. The molecule has 0 spiro atoms. The van der Waals surface area contributed by atoms with Gasteiger partial charge < -0.3 is 10.1 Å². The zero-order chi connectivity index (χ0) is 13.9. The van der Waals surface area contributed by atoms with Crippen LogP contribution in [0.4, 0.5) is 11.8 Å². The van der Waals surface area contributed by atoms with Gasteiger partial charge >= 0.3 is 0 Å². The van der Waals surface area contributed by atoms with Gasteiger partial charge in [0.1, 0.15) is 11.6 Å². The van der Waals surface area contributed by atoms with Crippen molar-refractivity contribution in [2.45, 2.75) is 6.92 Å². The summed E-state index contributed by atoms with van der Waals surface area (Å²) in [6, 6.07) is 7.80. The van der Waals surface area contributed by atoms with Crippen LogP contribution >= 0.6 is 0 Å². The Morgan fingerprint density at radius 3 is 2.55 bits per heavy atom. The predicted molar refractivity (Wildman–Crippen MR) is 76.1 cm³/mol. The molecule has 3 aromatic rings. The molecule has 1 N–H and O–H groups in total. The molecule has 1 aromatic carbocycles. The highest BCUT2D eigenvalue weighted by Gasteiger charge is 2.07. The van der Waals surface area contributed by atoms with Crippen molar-refractivity contribution in [2.24, 2.45) is 0 Å². The average Bonchev–Trinajstić information content (AvgIpc) is 2.48. The van der Waals surface area contributed by atoms with Crippen LogP contribution in [-0.4, -0.2) is 27.0 Å². The van der Waals surface area contributed by atoms with Crippen LogP contribution in [0.5, 0.6) is 5.75 Å². The minimum absolute atomic E-state index is 0.467. The lowest BCUT2D eigenvalue weighted by molar-refractivity contribution is 0.411. The number of aromatic nitrogens is 4. The van der Waals surface area contributed by atoms with Gasteiger partial charge in [0.25, 0.3) is 0 Å². The number of hydrogen-bond acceptors (Lipinski definition) is 6. The third-order valence-electron chi connectivity index (χ3n) is 2.81. The molecule has 0 radical (unpaired) electrons. The molecule has 6 nitrogen and oxygen atoms in total. The van der Waals surface area contributed by atoms with Crippen molar-refractivity contribution < 1.29 is 4.74 Å². The van der Waals surface area contributed by atoms with E-state index in [0.29, 0.717) is 23.3 Å². The number of methoxy groups -OCH3 is 1. The highest BCUT2D eigenvalue weighted by molar-refractivity contribution is 5.90. The zero-order valence-corrected chi connectivity index (χ0v) is 11.2. The average molecular weight is 267 g/mol. The molecule has 0 unspecified atom stereocenters. The van der Waals surface area contributed by atoms with Crippen LogP contribution in [0.3, 0.4) is 0 Å². The summed E-state index contributed by atoms with van der Waals surface area (Å²) in [7, 11) is 1.58. The predicted octanol–water partition coefficient (Wildman–Crippen LogP) is 2.48. The molecule has 0 fully saturated rings. The van der Waals surface area contributed by atoms with Crippen LogP contribution in [0.25, 0.3) is 10.9 Å². The normalized spacial score (nSPS) is 10.5. The van der Waals surface area contributed by atoms with E-state index >= 15 is 0 Å². The largest absolute Gasteiger partial charge is 0.494 e. The number of fused-ring (bicyclic) bond motifs is 1. The standard InChI is InChI=1S/C14H13N5O/c1-9-17-12-6-4-3-5-11(12)13(18-9)19-14-15-7-10(20-2)8-16-14/h3-8H,1-2H3,(H,15,16,17,18,19). The number of benzene rings is 1. The second-order valence-corrected chi connectivity index (χ2v) is 4.21. The van der Waals surface area contributed by atoms with Crippen LogP contribution in [0, 0.1) is 6.92 Å². The minimum Gasteiger partial charge on any atom is -0.494 e. The van der Waals surface area contributed by atoms with E-state index in [0.717, 1.165) is 10.9 Å². The summed E-state index contributed by atoms with van der Waals surface area (Å²) in [6.07, 6.45) is 3.21. The second kappa shape index (κ2) is 5.08. The monoisotopic (exact) mass is 267 g/mol. The molecule has 0 aliphatic heterocycles. The van der Waals surface area contributed by atoms with Gasteiger partial charge in [-0.1, -0.05) is 12.1 Å². The highest BCUT2D eigenvalue weighted by Crippen LogP contribution is 2.22. The van der Waals surface area contributed by atoms with Gasteiger partial charge in [-0.3, -0.25) is 0 Å². The summed E-state index contributed by atoms with van der Waals surface area (Å²) >= 11 is 0. The van der Waals surface area contributed by atoms with Crippen LogP contribution in [-0.2, 0) is 0 Å². The topological polar surface area (TPSA) is 72.8 Å². The Bertz CT molecular complexity index is 742. The van der Waals surface area contributed by atoms with E-state index in [2.05, 4.69) is 25.3 Å². The summed E-state index contributed by atoms with van der Waals surface area (Å²) in [4.78, 5) is 17.1. The fraction of sp³-hybridized carbons (Fsp3) is 0.143. The summed E-state index contributed by atoms with van der Waals surface area (Å²) in [5, 5.41) is 4.04. The third kappa shape index (κ3) is 2.35. The van der Waals surface area contributed by atoms with E-state index < -0.39 is 0 Å². The summed E-state index contributed by atoms with van der Waals surface area (Å²) in [5.74, 6) is 2.46. The number of ether oxygens (including phenoxy) is 1. The SMILES string of the molecule is COc1cnc(Nc2nc(C)nc3ccccc23)nc1. The van der Waals surface area contributed by atoms with Crippen LogP contribution < -0.4 is 10.1 Å². The zero-order valence-electron chi connectivity index (χ0n) is 11.2. The lowest BCUT2D eigenvalue weighted by Crippen LogP contribution is -2.02. The fourth-order valence-corrected chi connectivity index (χ4v) is 1.88. The Hall–Kier alpha value is -2.76. The number of anilines is 2. The van der Waals surface area contributed by atoms with Gasteiger partial charge in [-0.25, -0.2) is 19.9 Å². The third-order valence-corrected chi connectivity index (χ3v) is 2.81. The molecule has 0 atom stereocenters. The Kier molecular flexibility index (Phi) is 3.12. The van der Waals surface area contributed by atoms with E-state index in [1.54, 1.807) is 19.5 Å². The minimum atomic E-state index is 0.467. The maximum absolute atomic E-state index is 5.03. The van der Waals surface area contributed by atoms with Gasteiger partial charge in [-0.05, 0) is 19.1 Å². The van der Waals surface area contributed by atoms with Crippen molar-refractivity contribution in [2.75, 3.05) is 12.4 Å². The van der Waals surface area contributed by atoms with Gasteiger partial charge in [-0.15, -0.1) is 0 Å². The summed E-state index contributed by atoms with van der Waals surface area (Å²) in [5.41, 5.74) is 0.885. The molecule has 6 heteroatoms. The van der Waals surface area contributed by atoms with Gasteiger partial charge in [-0.2, -0.15) is 0 Å². The molecular formula is C14H13N5O. The van der Waals surface area contributed by atoms with Gasteiger partial charge in [0, 0.05) is 5.39 Å². The van der Waals surface area contributed by atoms with Crippen LogP contribution in [0.2, 0.25) is 0 Å². The molecule has 2 heterocycles. The molecule has 0 aliphatic carbocycles. The first-order valence-corrected chi connectivity index (χ1v) is 6.13. The number of para-hydroxylation sites is 1. The number of rotatable bonds is 3. The van der Waals surface area contributed by atoms with Gasteiger partial charge in [0.15, 0.2) is 5.75 Å². The molecule has 3 rings (SSSR count). The highest BCUT2D eigenvalue weighted by atomic mass is 16.5. The maximum Gasteiger partial charge on any atom is 0.228 e. The molecular weight excluding hydrogens is 254 g/mol. The van der Waals surface area contributed by atoms with Crippen LogP contribution in [0.15, 0.2) is 36.7 Å². The molecule has 100 valence electrons. The van der Waals surface area contributed by atoms with Gasteiger partial charge in [0.05, 0.1) is 25.0 Å². The van der Waals surface area contributed by atoms with Crippen molar-refractivity contribution in [1.29, 1.82) is 0 Å². The number of aryl methyl sites for hydroxylation is 1. The van der Waals surface area contributed by atoms with E-state index in [1.807, 2.05) is 31.2 Å². The van der Waals surface area contributed by atoms with Crippen molar-refractivity contribution in [3.63, 3.8) is 0 Å². The summed E-state index contributed by atoms with van der Waals surface area (Å²) < 4.78 is 5.03. The first-order valence-electron chi connectivity index (χ1n) is 6.13. The van der Waals surface area contributed by atoms with E-state index in [1.165, 1.54) is 0 Å². The van der Waals surface area contributed by atoms with E-state index in [-0.39, 0.29) is 0 Å². The Labute approximate surface area is 115 Å². The van der Waals surface area contributed by atoms with Crippen molar-refractivity contribution in [1.82, 2.24) is 19.9 Å². The van der Waals surface area contributed by atoms with Crippen molar-refractivity contribution >= 4 is 22.7 Å². The van der Waals surface area contributed by atoms with E-state index in [4.69, 9.17) is 4.74 Å². The second-order valence-electron chi connectivity index (χ2n) is 4.21. The first kappa shape index (κ1) is 12.3. The lowest BCUT2D eigenvalue weighted by Gasteiger charge is -2.08. The quantitative estimate of drug-likeness (QED) is 0.786. The molecule has 0 saturated heterocycles. The Morgan fingerprint density at radius 2 is 1.80 bits per heavy atom. The summed E-state index contributed by atoms with van der Waals surface area (Å²) in [6.45, 7) is 1.85. The lowest BCUT2D eigenvalue weighted by atomic mass is 10.2. The smallest absolute Gasteiger partial charge is 0.228 e. The number of nitrogens with one attached hydrogen (secondary N) is 1. The number of hydrogen-bond donors (Lipinski definition) is 1. The molecule has 0 bridgehead atoms. The Morgan fingerprint density at radius 1 is 1.05 bits per heavy atom. The number of nitrogens with zero attached hydrogens (tertiary/aromatic N) is 4. The molecule has 0 amide bonds. The Balaban J connectivity index is 2.01. The fourth-order valence-electron chi connectivity index (χ4n) is 1.88. The molecule has 0 aliphatic rings. The molecule has 20 heavy (non-hydrogen) atoms. The van der Waals surface area contributed by atoms with E-state index in [9.17, 15) is 0 Å². The first-order chi connectivity index (χ1) is 9.76. The maximum atomic E-state index is 5.03. The van der Waals surface area contributed by atoms with Crippen molar-refractivity contribution in [3.05, 3.63) is 42.5 Å². The molecule has 2 aromatic heterocycles. The van der Waals surface area contributed by atoms with Crippen LogP contribution in [0.1, 0.15) is 5.82 Å². The van der Waals surface area contributed by atoms with Gasteiger partial charge in [0.2, 0.25) is 5.95 Å².